The van der Waals surface area contributed by atoms with Crippen LogP contribution in [0.15, 0.2) is 42.5 Å². The molecule has 0 aromatic heterocycles. The predicted molar refractivity (Wildman–Crippen MR) is 116 cm³/mol. The fourth-order valence-corrected chi connectivity index (χ4v) is 6.40. The van der Waals surface area contributed by atoms with Crippen LogP contribution in [0.4, 0.5) is 0 Å². The summed E-state index contributed by atoms with van der Waals surface area (Å²) in [5.74, 6) is 5.36. The van der Waals surface area contributed by atoms with Gasteiger partial charge in [-0.25, -0.2) is 0 Å². The highest BCUT2D eigenvalue weighted by Crippen LogP contribution is 2.53. The standard InChI is InChI=1S/C25H30ClNO2/c1-28-24-13-16(6-7-23(24)29-15-19-4-2-3-5-22(19)26)14-27-25-20-9-17-8-18(11-20)12-21(25)10-17/h2-7,13,17-18,20-21,25,27H,8-12,14-15H2,1H3. The van der Waals surface area contributed by atoms with Crippen LogP contribution in [0.3, 0.4) is 0 Å². The zero-order chi connectivity index (χ0) is 19.8. The van der Waals surface area contributed by atoms with Gasteiger partial charge in [-0.1, -0.05) is 35.9 Å². The van der Waals surface area contributed by atoms with E-state index < -0.39 is 0 Å². The molecule has 0 amide bonds. The van der Waals surface area contributed by atoms with Crippen molar-refractivity contribution in [2.24, 2.45) is 23.7 Å². The number of rotatable bonds is 7. The van der Waals surface area contributed by atoms with Crippen LogP contribution in [0, 0.1) is 23.7 Å². The van der Waals surface area contributed by atoms with E-state index in [1.807, 2.05) is 30.3 Å². The molecule has 1 N–H and O–H groups in total. The van der Waals surface area contributed by atoms with Gasteiger partial charge in [0, 0.05) is 23.2 Å². The highest BCUT2D eigenvalue weighted by Gasteiger charge is 2.47. The summed E-state index contributed by atoms with van der Waals surface area (Å²) in [7, 11) is 1.70. The molecule has 4 heteroatoms. The van der Waals surface area contributed by atoms with Crippen molar-refractivity contribution in [1.29, 1.82) is 0 Å². The molecule has 4 aliphatic rings. The van der Waals surface area contributed by atoms with E-state index in [4.69, 9.17) is 21.1 Å². The highest BCUT2D eigenvalue weighted by molar-refractivity contribution is 6.31. The van der Waals surface area contributed by atoms with Crippen molar-refractivity contribution in [3.8, 4) is 11.5 Å². The Balaban J connectivity index is 1.22. The van der Waals surface area contributed by atoms with Crippen molar-refractivity contribution in [3.05, 3.63) is 58.6 Å². The summed E-state index contributed by atoms with van der Waals surface area (Å²) in [5, 5.41) is 4.63. The predicted octanol–water partition coefficient (Wildman–Crippen LogP) is 5.84. The second kappa shape index (κ2) is 8.20. The van der Waals surface area contributed by atoms with Crippen LogP contribution in [0.1, 0.15) is 43.2 Å². The zero-order valence-corrected chi connectivity index (χ0v) is 17.8. The Kier molecular flexibility index (Phi) is 5.45. The topological polar surface area (TPSA) is 30.5 Å². The number of nitrogens with one attached hydrogen (secondary N) is 1. The molecule has 0 saturated heterocycles. The second-order valence-corrected chi connectivity index (χ2v) is 9.61. The molecule has 0 heterocycles. The molecule has 154 valence electrons. The van der Waals surface area contributed by atoms with E-state index in [2.05, 4.69) is 17.4 Å². The van der Waals surface area contributed by atoms with Crippen LogP contribution in [0.2, 0.25) is 5.02 Å². The minimum absolute atomic E-state index is 0.432. The van der Waals surface area contributed by atoms with Crippen LogP contribution < -0.4 is 14.8 Å². The smallest absolute Gasteiger partial charge is 0.161 e. The Morgan fingerprint density at radius 2 is 1.66 bits per heavy atom. The number of methoxy groups -OCH3 is 1. The average molecular weight is 412 g/mol. The Bertz CT molecular complexity index is 840. The molecule has 0 aliphatic heterocycles. The van der Waals surface area contributed by atoms with Crippen LogP contribution in [0.5, 0.6) is 11.5 Å². The number of hydrogen-bond donors (Lipinski definition) is 1. The van der Waals surface area contributed by atoms with Crippen LogP contribution in [-0.4, -0.2) is 13.2 Å². The first-order chi connectivity index (χ1) is 14.2. The van der Waals surface area contributed by atoms with Gasteiger partial charge in [-0.05, 0) is 79.5 Å². The van der Waals surface area contributed by atoms with E-state index in [0.717, 1.165) is 52.3 Å². The Labute approximate surface area is 178 Å². The van der Waals surface area contributed by atoms with E-state index in [1.165, 1.54) is 37.7 Å². The SMILES string of the molecule is COc1cc(CNC2C3CC4CC(C3)CC2C4)ccc1OCc1ccccc1Cl. The highest BCUT2D eigenvalue weighted by atomic mass is 35.5. The number of benzene rings is 2. The van der Waals surface area contributed by atoms with Crippen molar-refractivity contribution >= 4 is 11.6 Å². The summed E-state index contributed by atoms with van der Waals surface area (Å²) >= 11 is 6.24. The van der Waals surface area contributed by atoms with E-state index in [9.17, 15) is 0 Å². The molecule has 0 unspecified atom stereocenters. The lowest BCUT2D eigenvalue weighted by Gasteiger charge is -2.54. The molecule has 2 aromatic carbocycles. The minimum atomic E-state index is 0.432. The van der Waals surface area contributed by atoms with E-state index in [0.29, 0.717) is 12.6 Å². The normalized spacial score (nSPS) is 29.8. The first kappa shape index (κ1) is 19.3. The van der Waals surface area contributed by atoms with Crippen molar-refractivity contribution in [2.75, 3.05) is 7.11 Å². The molecule has 29 heavy (non-hydrogen) atoms. The summed E-state index contributed by atoms with van der Waals surface area (Å²) in [6, 6.07) is 14.7. The summed E-state index contributed by atoms with van der Waals surface area (Å²) < 4.78 is 11.6. The van der Waals surface area contributed by atoms with Crippen LogP contribution in [0.25, 0.3) is 0 Å². The van der Waals surface area contributed by atoms with Gasteiger partial charge < -0.3 is 14.8 Å². The van der Waals surface area contributed by atoms with Gasteiger partial charge in [-0.15, -0.1) is 0 Å². The molecule has 4 fully saturated rings. The average Bonchev–Trinajstić information content (AvgIpc) is 2.72. The molecule has 3 nitrogen and oxygen atoms in total. The third-order valence-electron chi connectivity index (χ3n) is 7.34. The van der Waals surface area contributed by atoms with Crippen molar-refractivity contribution < 1.29 is 9.47 Å². The summed E-state index contributed by atoms with van der Waals surface area (Å²) in [5.41, 5.74) is 2.23. The monoisotopic (exact) mass is 411 g/mol. The van der Waals surface area contributed by atoms with Crippen LogP contribution in [-0.2, 0) is 13.2 Å². The third-order valence-corrected chi connectivity index (χ3v) is 7.71. The van der Waals surface area contributed by atoms with Gasteiger partial charge in [0.1, 0.15) is 6.61 Å². The van der Waals surface area contributed by atoms with Crippen LogP contribution >= 0.6 is 11.6 Å². The first-order valence-electron chi connectivity index (χ1n) is 11.0. The van der Waals surface area contributed by atoms with Gasteiger partial charge in [0.15, 0.2) is 11.5 Å². The maximum Gasteiger partial charge on any atom is 0.161 e. The maximum atomic E-state index is 6.24. The lowest BCUT2D eigenvalue weighted by molar-refractivity contribution is -0.0142. The van der Waals surface area contributed by atoms with Gasteiger partial charge >= 0.3 is 0 Å². The maximum absolute atomic E-state index is 6.24. The summed E-state index contributed by atoms with van der Waals surface area (Å²) in [6.45, 7) is 1.33. The number of hydrogen-bond acceptors (Lipinski definition) is 3. The molecule has 4 bridgehead atoms. The molecular formula is C25H30ClNO2. The van der Waals surface area contributed by atoms with E-state index >= 15 is 0 Å². The minimum Gasteiger partial charge on any atom is -0.493 e. The Hall–Kier alpha value is -1.71. The lowest BCUT2D eigenvalue weighted by Crippen LogP contribution is -2.54. The van der Waals surface area contributed by atoms with Crippen molar-refractivity contribution in [3.63, 3.8) is 0 Å². The molecule has 0 radical (unpaired) electrons. The van der Waals surface area contributed by atoms with Gasteiger partial charge in [0.25, 0.3) is 0 Å². The van der Waals surface area contributed by atoms with Gasteiger partial charge in [0.2, 0.25) is 0 Å². The molecule has 4 aliphatic carbocycles. The quantitative estimate of drug-likeness (QED) is 0.620. The van der Waals surface area contributed by atoms with Gasteiger partial charge in [-0.2, -0.15) is 0 Å². The Morgan fingerprint density at radius 3 is 2.34 bits per heavy atom. The third kappa shape index (κ3) is 4.00. The fraction of sp³-hybridized carbons (Fsp3) is 0.520. The fourth-order valence-electron chi connectivity index (χ4n) is 6.21. The molecule has 4 saturated carbocycles. The van der Waals surface area contributed by atoms with Gasteiger partial charge in [0.05, 0.1) is 7.11 Å². The number of ether oxygens (including phenoxy) is 2. The molecular weight excluding hydrogens is 382 g/mol. The molecule has 6 rings (SSSR count). The van der Waals surface area contributed by atoms with Gasteiger partial charge in [-0.3, -0.25) is 0 Å². The molecule has 2 aromatic rings. The van der Waals surface area contributed by atoms with Crippen molar-refractivity contribution in [1.82, 2.24) is 5.32 Å². The lowest BCUT2D eigenvalue weighted by atomic mass is 9.54. The first-order valence-corrected chi connectivity index (χ1v) is 11.3. The van der Waals surface area contributed by atoms with E-state index in [1.54, 1.807) is 7.11 Å². The summed E-state index contributed by atoms with van der Waals surface area (Å²) in [4.78, 5) is 0. The van der Waals surface area contributed by atoms with E-state index in [-0.39, 0.29) is 0 Å². The van der Waals surface area contributed by atoms with Crippen molar-refractivity contribution in [2.45, 2.75) is 51.3 Å². The molecule has 0 atom stereocenters. The summed E-state index contributed by atoms with van der Waals surface area (Å²) in [6.07, 6.45) is 7.30. The zero-order valence-electron chi connectivity index (χ0n) is 17.1. The largest absolute Gasteiger partial charge is 0.493 e. The Morgan fingerprint density at radius 1 is 0.931 bits per heavy atom. The number of halogens is 1. The molecule has 0 spiro atoms. The second-order valence-electron chi connectivity index (χ2n) is 9.20.